The van der Waals surface area contributed by atoms with Gasteiger partial charge in [-0.2, -0.15) is 0 Å². The van der Waals surface area contributed by atoms with Crippen LogP contribution in [0.2, 0.25) is 0 Å². The van der Waals surface area contributed by atoms with E-state index in [0.717, 1.165) is 12.8 Å². The van der Waals surface area contributed by atoms with Crippen LogP contribution in [-0.4, -0.2) is 18.2 Å². The van der Waals surface area contributed by atoms with Crippen LogP contribution in [0.15, 0.2) is 16.6 Å². The van der Waals surface area contributed by atoms with E-state index >= 15 is 0 Å². The summed E-state index contributed by atoms with van der Waals surface area (Å²) in [5.41, 5.74) is 5.78. The van der Waals surface area contributed by atoms with Crippen molar-refractivity contribution in [3.8, 4) is 0 Å². The van der Waals surface area contributed by atoms with Gasteiger partial charge in [-0.05, 0) is 12.5 Å². The second-order valence-electron chi connectivity index (χ2n) is 2.59. The van der Waals surface area contributed by atoms with E-state index in [9.17, 15) is 4.79 Å². The number of aliphatic imine (C=N–C) groups is 1. The summed E-state index contributed by atoms with van der Waals surface area (Å²) in [6, 6.07) is 0.0255. The molecule has 2 N–H and O–H groups in total. The van der Waals surface area contributed by atoms with Gasteiger partial charge < -0.3 is 5.73 Å². The van der Waals surface area contributed by atoms with Gasteiger partial charge in [0.1, 0.15) is 0 Å². The molecule has 0 bridgehead atoms. The van der Waals surface area contributed by atoms with Gasteiger partial charge in [-0.1, -0.05) is 13.3 Å². The van der Waals surface area contributed by atoms with E-state index in [1.54, 1.807) is 12.3 Å². The van der Waals surface area contributed by atoms with Gasteiger partial charge in [-0.25, -0.2) is 0 Å². The number of amides is 1. The summed E-state index contributed by atoms with van der Waals surface area (Å²) >= 11 is 0. The van der Waals surface area contributed by atoms with Crippen molar-refractivity contribution in [2.45, 2.75) is 25.8 Å². The van der Waals surface area contributed by atoms with Crippen molar-refractivity contribution in [2.24, 2.45) is 10.7 Å². The summed E-state index contributed by atoms with van der Waals surface area (Å²) < 4.78 is 0. The molecule has 11 heavy (non-hydrogen) atoms. The molecule has 0 aromatic rings. The van der Waals surface area contributed by atoms with E-state index in [1.165, 1.54) is 0 Å². The van der Waals surface area contributed by atoms with Crippen LogP contribution in [0.3, 0.4) is 0 Å². The summed E-state index contributed by atoms with van der Waals surface area (Å²) in [5.74, 6) is -0.346. The lowest BCUT2D eigenvalue weighted by Crippen LogP contribution is -2.21. The first-order valence-corrected chi connectivity index (χ1v) is 3.79. The fraction of sp³-hybridized carbons (Fsp3) is 0.500. The van der Waals surface area contributed by atoms with Crippen molar-refractivity contribution in [3.05, 3.63) is 11.6 Å². The van der Waals surface area contributed by atoms with Gasteiger partial charge in [0, 0.05) is 11.8 Å². The fourth-order valence-corrected chi connectivity index (χ4v) is 1.17. The summed E-state index contributed by atoms with van der Waals surface area (Å²) in [6.07, 6.45) is 5.28. The molecule has 3 nitrogen and oxygen atoms in total. The van der Waals surface area contributed by atoms with E-state index in [0.29, 0.717) is 5.57 Å². The van der Waals surface area contributed by atoms with Crippen LogP contribution in [-0.2, 0) is 4.79 Å². The van der Waals surface area contributed by atoms with Crippen LogP contribution in [0.1, 0.15) is 19.8 Å². The molecule has 1 rings (SSSR count). The molecule has 0 aromatic heterocycles. The van der Waals surface area contributed by atoms with Crippen LogP contribution in [0.4, 0.5) is 0 Å². The molecule has 0 aromatic carbocycles. The third kappa shape index (κ3) is 1.67. The van der Waals surface area contributed by atoms with Gasteiger partial charge in [0.25, 0.3) is 0 Å². The Hall–Kier alpha value is -1.12. The molecule has 0 fully saturated rings. The van der Waals surface area contributed by atoms with Gasteiger partial charge in [0.05, 0.1) is 6.04 Å². The molecule has 3 heteroatoms. The van der Waals surface area contributed by atoms with Crippen molar-refractivity contribution >= 4 is 12.1 Å². The van der Waals surface area contributed by atoms with Crippen molar-refractivity contribution in [1.82, 2.24) is 0 Å². The standard InChI is InChI=1S/C8H12N2O/c1-2-3-7-6(8(9)11)4-5-10-7/h4-5,7H,2-3H2,1H3,(H2,9,11). The van der Waals surface area contributed by atoms with E-state index < -0.39 is 0 Å². The van der Waals surface area contributed by atoms with E-state index in [-0.39, 0.29) is 11.9 Å². The van der Waals surface area contributed by atoms with E-state index in [2.05, 4.69) is 11.9 Å². The molecule has 1 aliphatic rings. The SMILES string of the molecule is CCCC1N=CC=C1C(N)=O. The van der Waals surface area contributed by atoms with E-state index in [4.69, 9.17) is 5.73 Å². The zero-order valence-electron chi connectivity index (χ0n) is 6.58. The van der Waals surface area contributed by atoms with Gasteiger partial charge >= 0.3 is 0 Å². The first kappa shape index (κ1) is 7.98. The predicted octanol–water partition coefficient (Wildman–Crippen LogP) is 0.651. The molecule has 1 aliphatic heterocycles. The third-order valence-electron chi connectivity index (χ3n) is 1.73. The first-order valence-electron chi connectivity index (χ1n) is 3.79. The Balaban J connectivity index is 2.61. The molecule has 0 saturated heterocycles. The number of allylic oxidation sites excluding steroid dienone is 1. The molecule has 0 spiro atoms. The highest BCUT2D eigenvalue weighted by Gasteiger charge is 2.18. The Morgan fingerprint density at radius 2 is 2.55 bits per heavy atom. The molecule has 0 aliphatic carbocycles. The van der Waals surface area contributed by atoms with Crippen LogP contribution < -0.4 is 5.73 Å². The molecule has 0 saturated carbocycles. The average Bonchev–Trinajstić information content (AvgIpc) is 2.36. The quantitative estimate of drug-likeness (QED) is 0.634. The van der Waals surface area contributed by atoms with Gasteiger partial charge in [0.2, 0.25) is 5.91 Å². The monoisotopic (exact) mass is 152 g/mol. The number of rotatable bonds is 3. The molecule has 1 heterocycles. The Kier molecular flexibility index (Phi) is 2.41. The second kappa shape index (κ2) is 3.32. The van der Waals surface area contributed by atoms with Crippen molar-refractivity contribution < 1.29 is 4.79 Å². The zero-order chi connectivity index (χ0) is 8.27. The average molecular weight is 152 g/mol. The highest BCUT2D eigenvalue weighted by molar-refractivity contribution is 5.99. The Bertz CT molecular complexity index is 218. The second-order valence-corrected chi connectivity index (χ2v) is 2.59. The minimum absolute atomic E-state index is 0.0255. The lowest BCUT2D eigenvalue weighted by atomic mass is 10.0. The molecule has 1 atom stereocenters. The maximum absolute atomic E-state index is 10.8. The number of carbonyl (C=O) groups is 1. The van der Waals surface area contributed by atoms with Gasteiger partial charge in [-0.15, -0.1) is 0 Å². The van der Waals surface area contributed by atoms with Crippen molar-refractivity contribution in [1.29, 1.82) is 0 Å². The summed E-state index contributed by atoms with van der Waals surface area (Å²) in [6.45, 7) is 2.06. The molecule has 0 radical (unpaired) electrons. The maximum atomic E-state index is 10.8. The lowest BCUT2D eigenvalue weighted by Gasteiger charge is -2.07. The molecule has 60 valence electrons. The third-order valence-corrected chi connectivity index (χ3v) is 1.73. The largest absolute Gasteiger partial charge is 0.366 e. The maximum Gasteiger partial charge on any atom is 0.246 e. The summed E-state index contributed by atoms with van der Waals surface area (Å²) in [4.78, 5) is 14.9. The Morgan fingerprint density at radius 3 is 3.09 bits per heavy atom. The van der Waals surface area contributed by atoms with Crippen molar-refractivity contribution in [3.63, 3.8) is 0 Å². The van der Waals surface area contributed by atoms with Crippen LogP contribution in [0.5, 0.6) is 0 Å². The number of hydrogen-bond donors (Lipinski definition) is 1. The smallest absolute Gasteiger partial charge is 0.246 e. The Labute approximate surface area is 66.0 Å². The topological polar surface area (TPSA) is 55.4 Å². The van der Waals surface area contributed by atoms with Crippen molar-refractivity contribution in [2.75, 3.05) is 0 Å². The minimum Gasteiger partial charge on any atom is -0.366 e. The molecule has 1 unspecified atom stereocenters. The van der Waals surface area contributed by atoms with Gasteiger partial charge in [-0.3, -0.25) is 9.79 Å². The number of hydrogen-bond acceptors (Lipinski definition) is 2. The molecular formula is C8H12N2O. The minimum atomic E-state index is -0.346. The summed E-state index contributed by atoms with van der Waals surface area (Å²) in [5, 5.41) is 0. The number of primary amides is 1. The summed E-state index contributed by atoms with van der Waals surface area (Å²) in [7, 11) is 0. The van der Waals surface area contributed by atoms with Gasteiger partial charge in [0.15, 0.2) is 0 Å². The first-order chi connectivity index (χ1) is 5.25. The zero-order valence-corrected chi connectivity index (χ0v) is 6.58. The normalized spacial score (nSPS) is 21.9. The van der Waals surface area contributed by atoms with Crippen LogP contribution in [0, 0.1) is 0 Å². The highest BCUT2D eigenvalue weighted by atomic mass is 16.1. The van der Waals surface area contributed by atoms with Crippen LogP contribution in [0.25, 0.3) is 0 Å². The number of carbonyl (C=O) groups excluding carboxylic acids is 1. The fourth-order valence-electron chi connectivity index (χ4n) is 1.17. The van der Waals surface area contributed by atoms with E-state index in [1.807, 2.05) is 0 Å². The number of nitrogens with two attached hydrogens (primary N) is 1. The Morgan fingerprint density at radius 1 is 1.82 bits per heavy atom. The predicted molar refractivity (Wildman–Crippen MR) is 44.5 cm³/mol. The highest BCUT2D eigenvalue weighted by Crippen LogP contribution is 2.15. The lowest BCUT2D eigenvalue weighted by molar-refractivity contribution is -0.114. The van der Waals surface area contributed by atoms with Crippen LogP contribution >= 0.6 is 0 Å². The molecular weight excluding hydrogens is 140 g/mol. The number of nitrogens with zero attached hydrogens (tertiary/aromatic N) is 1. The molecule has 1 amide bonds.